The fourth-order valence-electron chi connectivity index (χ4n) is 6.35. The van der Waals surface area contributed by atoms with Gasteiger partial charge in [-0.1, -0.05) is 90.5 Å². The molecule has 2 heterocycles. The quantitative estimate of drug-likeness (QED) is 0.177. The molecule has 1 fully saturated rings. The number of hydrogen-bond acceptors (Lipinski definition) is 6. The van der Waals surface area contributed by atoms with Crippen LogP contribution in [0.5, 0.6) is 0 Å². The Morgan fingerprint density at radius 2 is 1.61 bits per heavy atom. The molecule has 3 atom stereocenters. The van der Waals surface area contributed by atoms with Gasteiger partial charge in [-0.15, -0.1) is 0 Å². The first-order valence-corrected chi connectivity index (χ1v) is 15.7. The minimum absolute atomic E-state index is 0.0268. The van der Waals surface area contributed by atoms with Crippen LogP contribution in [-0.2, 0) is 20.7 Å². The first-order chi connectivity index (χ1) is 22.4. The van der Waals surface area contributed by atoms with E-state index in [0.717, 1.165) is 32.8 Å². The van der Waals surface area contributed by atoms with Gasteiger partial charge in [0.05, 0.1) is 37.6 Å². The summed E-state index contributed by atoms with van der Waals surface area (Å²) >= 11 is 0. The standard InChI is InChI=1S/C38H40N4O4/c1-25-17-20-31-29(21-25)22-32(41-31)33-24-46-30(23-40-33)19-18-26-11-9-10-16-34(26)42(38(44)45-2)37(43)36(39)35(27-12-5-3-6-13-27)28-14-7-4-8-15-28/h3-17,20-22,30,33,35-36,40-41H,18-19,23-24,39H2,1-2H3/t30-,33+,36+/m1/s1. The van der Waals surface area contributed by atoms with Gasteiger partial charge in [-0.2, -0.15) is 0 Å². The van der Waals surface area contributed by atoms with Crippen molar-refractivity contribution in [1.29, 1.82) is 0 Å². The van der Waals surface area contributed by atoms with Crippen molar-refractivity contribution in [3.63, 3.8) is 0 Å². The van der Waals surface area contributed by atoms with Gasteiger partial charge in [0.2, 0.25) is 0 Å². The van der Waals surface area contributed by atoms with E-state index in [0.29, 0.717) is 31.7 Å². The average molecular weight is 617 g/mol. The van der Waals surface area contributed by atoms with Crippen LogP contribution in [0.25, 0.3) is 10.9 Å². The molecule has 0 bridgehead atoms. The van der Waals surface area contributed by atoms with E-state index in [2.05, 4.69) is 41.5 Å². The Hall–Kier alpha value is -4.76. The third-order valence-electron chi connectivity index (χ3n) is 8.77. The van der Waals surface area contributed by atoms with Crippen molar-refractivity contribution >= 4 is 28.6 Å². The minimum Gasteiger partial charge on any atom is -0.452 e. The van der Waals surface area contributed by atoms with Crippen LogP contribution in [0.1, 0.15) is 46.3 Å². The highest BCUT2D eigenvalue weighted by molar-refractivity contribution is 6.15. The van der Waals surface area contributed by atoms with Gasteiger partial charge in [-0.25, -0.2) is 9.69 Å². The normalized spacial score (nSPS) is 17.1. The van der Waals surface area contributed by atoms with Crippen molar-refractivity contribution in [2.24, 2.45) is 5.73 Å². The predicted octanol–water partition coefficient (Wildman–Crippen LogP) is 6.40. The van der Waals surface area contributed by atoms with Gasteiger partial charge >= 0.3 is 6.09 Å². The number of ether oxygens (including phenoxy) is 2. The van der Waals surface area contributed by atoms with Crippen LogP contribution >= 0.6 is 0 Å². The smallest absolute Gasteiger partial charge is 0.420 e. The summed E-state index contributed by atoms with van der Waals surface area (Å²) < 4.78 is 11.4. The number of carbonyl (C=O) groups is 2. The molecule has 0 saturated carbocycles. The molecule has 236 valence electrons. The van der Waals surface area contributed by atoms with Crippen molar-refractivity contribution in [3.8, 4) is 0 Å². The lowest BCUT2D eigenvalue weighted by Crippen LogP contribution is -2.50. The lowest BCUT2D eigenvalue weighted by molar-refractivity contribution is -0.119. The number of fused-ring (bicyclic) bond motifs is 1. The topological polar surface area (TPSA) is 110 Å². The molecule has 4 N–H and O–H groups in total. The van der Waals surface area contributed by atoms with E-state index >= 15 is 0 Å². The molecule has 0 radical (unpaired) electrons. The Bertz CT molecular complexity index is 1740. The second kappa shape index (κ2) is 14.1. The van der Waals surface area contributed by atoms with E-state index in [9.17, 15) is 9.59 Å². The van der Waals surface area contributed by atoms with Crippen molar-refractivity contribution in [2.75, 3.05) is 25.2 Å². The summed E-state index contributed by atoms with van der Waals surface area (Å²) in [4.78, 5) is 32.1. The van der Waals surface area contributed by atoms with E-state index in [1.165, 1.54) is 18.1 Å². The molecule has 1 aromatic heterocycles. The van der Waals surface area contributed by atoms with Gasteiger partial charge in [-0.3, -0.25) is 4.79 Å². The van der Waals surface area contributed by atoms with Crippen molar-refractivity contribution in [1.82, 2.24) is 10.3 Å². The van der Waals surface area contributed by atoms with Crippen LogP contribution in [-0.4, -0.2) is 49.4 Å². The van der Waals surface area contributed by atoms with Crippen molar-refractivity contribution in [3.05, 3.63) is 137 Å². The average Bonchev–Trinajstić information content (AvgIpc) is 3.52. The number of carbonyl (C=O) groups excluding carboxylic acids is 2. The number of aromatic nitrogens is 1. The van der Waals surface area contributed by atoms with Crippen LogP contribution in [0, 0.1) is 6.92 Å². The van der Waals surface area contributed by atoms with Gasteiger partial charge in [-0.05, 0) is 66.1 Å². The van der Waals surface area contributed by atoms with E-state index in [1.54, 1.807) is 6.07 Å². The van der Waals surface area contributed by atoms with Crippen molar-refractivity contribution in [2.45, 2.75) is 43.9 Å². The number of morpholine rings is 1. The van der Waals surface area contributed by atoms with Gasteiger partial charge in [0, 0.05) is 23.7 Å². The third kappa shape index (κ3) is 6.74. The molecule has 8 heteroatoms. The number of nitrogens with one attached hydrogen (secondary N) is 2. The molecular formula is C38H40N4O4. The number of para-hydroxylation sites is 1. The van der Waals surface area contributed by atoms with Crippen LogP contribution in [0.4, 0.5) is 10.5 Å². The largest absolute Gasteiger partial charge is 0.452 e. The summed E-state index contributed by atoms with van der Waals surface area (Å²) in [7, 11) is 1.27. The number of imide groups is 1. The number of rotatable bonds is 9. The molecular weight excluding hydrogens is 576 g/mol. The molecule has 0 aliphatic carbocycles. The molecule has 1 aliphatic rings. The van der Waals surface area contributed by atoms with Crippen LogP contribution in [0.3, 0.4) is 0 Å². The van der Waals surface area contributed by atoms with Gasteiger partial charge < -0.3 is 25.5 Å². The predicted molar refractivity (Wildman–Crippen MR) is 181 cm³/mol. The molecule has 0 unspecified atom stereocenters. The molecule has 2 amide bonds. The molecule has 1 aliphatic heterocycles. The maximum atomic E-state index is 14.2. The van der Waals surface area contributed by atoms with E-state index in [4.69, 9.17) is 15.2 Å². The number of aromatic amines is 1. The minimum atomic E-state index is -1.05. The number of aryl methyl sites for hydroxylation is 2. The second-order valence-corrected chi connectivity index (χ2v) is 11.9. The van der Waals surface area contributed by atoms with Crippen LogP contribution < -0.4 is 16.0 Å². The highest BCUT2D eigenvalue weighted by Gasteiger charge is 2.36. The number of benzene rings is 4. The summed E-state index contributed by atoms with van der Waals surface area (Å²) in [5, 5.41) is 4.82. The number of methoxy groups -OCH3 is 1. The lowest BCUT2D eigenvalue weighted by Gasteiger charge is -2.31. The fraction of sp³-hybridized carbons (Fsp3) is 0.263. The van der Waals surface area contributed by atoms with Crippen molar-refractivity contribution < 1.29 is 19.1 Å². The Morgan fingerprint density at radius 1 is 0.935 bits per heavy atom. The Labute approximate surface area is 269 Å². The van der Waals surface area contributed by atoms with Crippen LogP contribution in [0.15, 0.2) is 109 Å². The zero-order valence-corrected chi connectivity index (χ0v) is 26.2. The third-order valence-corrected chi connectivity index (χ3v) is 8.77. The highest BCUT2D eigenvalue weighted by atomic mass is 16.5. The van der Waals surface area contributed by atoms with E-state index < -0.39 is 24.0 Å². The first kappa shape index (κ1) is 31.2. The maximum Gasteiger partial charge on any atom is 0.420 e. The number of anilines is 1. The summed E-state index contributed by atoms with van der Waals surface area (Å²) in [6.45, 7) is 3.32. The van der Waals surface area contributed by atoms with Crippen LogP contribution in [0.2, 0.25) is 0 Å². The summed E-state index contributed by atoms with van der Waals surface area (Å²) in [5.74, 6) is -1.01. The Balaban J connectivity index is 1.18. The highest BCUT2D eigenvalue weighted by Crippen LogP contribution is 2.31. The van der Waals surface area contributed by atoms with Gasteiger partial charge in [0.25, 0.3) is 5.91 Å². The number of amides is 2. The number of nitrogens with zero attached hydrogens (tertiary/aromatic N) is 1. The molecule has 46 heavy (non-hydrogen) atoms. The lowest BCUT2D eigenvalue weighted by atomic mass is 9.84. The molecule has 8 nitrogen and oxygen atoms in total. The molecule has 1 saturated heterocycles. The maximum absolute atomic E-state index is 14.2. The molecule has 6 rings (SSSR count). The summed E-state index contributed by atoms with van der Waals surface area (Å²) in [6.07, 6.45) is 0.491. The first-order valence-electron chi connectivity index (χ1n) is 15.7. The van der Waals surface area contributed by atoms with E-state index in [-0.39, 0.29) is 12.1 Å². The Morgan fingerprint density at radius 3 is 2.26 bits per heavy atom. The molecule has 5 aromatic rings. The Kier molecular flexibility index (Phi) is 9.59. The van der Waals surface area contributed by atoms with E-state index in [1.807, 2.05) is 78.9 Å². The number of nitrogens with two attached hydrogens (primary N) is 1. The van der Waals surface area contributed by atoms with Gasteiger partial charge in [0.1, 0.15) is 0 Å². The zero-order chi connectivity index (χ0) is 32.0. The summed E-state index contributed by atoms with van der Waals surface area (Å²) in [5.41, 5.74) is 13.3. The zero-order valence-electron chi connectivity index (χ0n) is 26.2. The SMILES string of the molecule is COC(=O)N(C(=O)[C@@H](N)C(c1ccccc1)c1ccccc1)c1ccccc1CC[C@@H]1CN[C@H](c2cc3cc(C)ccc3[nH]2)CO1. The number of H-pyrrole nitrogens is 1. The molecule has 4 aromatic carbocycles. The molecule has 0 spiro atoms. The second-order valence-electron chi connectivity index (χ2n) is 11.9. The summed E-state index contributed by atoms with van der Waals surface area (Å²) in [6, 6.07) is 34.3. The van der Waals surface area contributed by atoms with Gasteiger partial charge in [0.15, 0.2) is 0 Å². The number of hydrogen-bond donors (Lipinski definition) is 3. The monoisotopic (exact) mass is 616 g/mol. The fourth-order valence-corrected chi connectivity index (χ4v) is 6.35.